The van der Waals surface area contributed by atoms with Crippen LogP contribution in [0.3, 0.4) is 0 Å². The van der Waals surface area contributed by atoms with Gasteiger partial charge in [0.1, 0.15) is 5.82 Å². The lowest BCUT2D eigenvalue weighted by atomic mass is 9.93. The van der Waals surface area contributed by atoms with E-state index < -0.39 is 0 Å². The zero-order chi connectivity index (χ0) is 19.6. The summed E-state index contributed by atoms with van der Waals surface area (Å²) in [5.74, 6) is 1.60. The minimum atomic E-state index is -0.234. The largest absolute Gasteiger partial charge is 0.398 e. The van der Waals surface area contributed by atoms with Crippen molar-refractivity contribution in [3.63, 3.8) is 0 Å². The molecule has 0 amide bonds. The van der Waals surface area contributed by atoms with Crippen molar-refractivity contribution in [3.05, 3.63) is 82.2 Å². The number of rotatable bonds is 5. The van der Waals surface area contributed by atoms with Crippen LogP contribution in [0.25, 0.3) is 11.1 Å². The van der Waals surface area contributed by atoms with Gasteiger partial charge in [-0.05, 0) is 84.2 Å². The molecule has 2 nitrogen and oxygen atoms in total. The molecule has 0 unspecified atom stereocenters. The standard InChI is InChI=1S/C23H24FN2P/c1-14-5-4-6-15(2)23(14)26-12-21-20(10-17(13-27)11-22(21)25)19-8-7-18(24)9-16(19)3/h4-11,13,26-27H,12,25H2,1-3H3. The highest BCUT2D eigenvalue weighted by atomic mass is 31.0. The predicted molar refractivity (Wildman–Crippen MR) is 118 cm³/mol. The predicted octanol–water partition coefficient (Wildman–Crippen LogP) is 5.91. The summed E-state index contributed by atoms with van der Waals surface area (Å²) < 4.78 is 13.6. The summed E-state index contributed by atoms with van der Waals surface area (Å²) in [6.45, 7) is 6.69. The van der Waals surface area contributed by atoms with E-state index in [1.54, 1.807) is 6.07 Å². The molecular formula is C23H24FN2P. The number of nitrogens with one attached hydrogen (secondary N) is 1. The van der Waals surface area contributed by atoms with Crippen LogP contribution in [-0.4, -0.2) is 5.80 Å². The summed E-state index contributed by atoms with van der Waals surface area (Å²) in [7, 11) is 3.44. The average Bonchev–Trinajstić information content (AvgIpc) is 2.62. The molecule has 0 radical (unpaired) electrons. The summed E-state index contributed by atoms with van der Waals surface area (Å²) in [6, 6.07) is 15.1. The van der Waals surface area contributed by atoms with Crippen LogP contribution in [0.4, 0.5) is 15.8 Å². The number of hydrogen-bond donors (Lipinski definition) is 2. The molecule has 138 valence electrons. The first-order chi connectivity index (χ1) is 12.9. The van der Waals surface area contributed by atoms with Crippen LogP contribution in [0.5, 0.6) is 0 Å². The molecule has 0 aliphatic rings. The Morgan fingerprint density at radius 1 is 0.963 bits per heavy atom. The molecule has 3 rings (SSSR count). The third-order valence-corrected chi connectivity index (χ3v) is 5.21. The van der Waals surface area contributed by atoms with E-state index in [2.05, 4.69) is 52.3 Å². The van der Waals surface area contributed by atoms with Crippen molar-refractivity contribution >= 4 is 26.0 Å². The van der Waals surface area contributed by atoms with Crippen molar-refractivity contribution in [3.8, 4) is 11.1 Å². The summed E-state index contributed by atoms with van der Waals surface area (Å²) in [5.41, 5.74) is 15.5. The Balaban J connectivity index is 2.08. The molecule has 0 fully saturated rings. The number of hydrogen-bond acceptors (Lipinski definition) is 2. The maximum atomic E-state index is 13.6. The van der Waals surface area contributed by atoms with E-state index in [-0.39, 0.29) is 5.82 Å². The number of benzene rings is 3. The topological polar surface area (TPSA) is 38.0 Å². The maximum absolute atomic E-state index is 13.6. The molecule has 3 N–H and O–H groups in total. The van der Waals surface area contributed by atoms with E-state index >= 15 is 0 Å². The zero-order valence-corrected chi connectivity index (χ0v) is 16.9. The van der Waals surface area contributed by atoms with Crippen LogP contribution in [0.2, 0.25) is 0 Å². The summed E-state index contributed by atoms with van der Waals surface area (Å²) in [6.07, 6.45) is 0. The molecule has 0 heterocycles. The van der Waals surface area contributed by atoms with Gasteiger partial charge < -0.3 is 11.1 Å². The van der Waals surface area contributed by atoms with Gasteiger partial charge in [-0.2, -0.15) is 0 Å². The van der Waals surface area contributed by atoms with Crippen LogP contribution in [0.15, 0.2) is 48.5 Å². The van der Waals surface area contributed by atoms with E-state index in [4.69, 9.17) is 5.73 Å². The van der Waals surface area contributed by atoms with Gasteiger partial charge in [0.2, 0.25) is 0 Å². The Hall–Kier alpha value is -2.64. The minimum absolute atomic E-state index is 0.234. The molecule has 0 bridgehead atoms. The van der Waals surface area contributed by atoms with Crippen molar-refractivity contribution in [2.45, 2.75) is 27.3 Å². The number of aryl methyl sites for hydroxylation is 3. The number of halogens is 1. The molecule has 0 aromatic heterocycles. The molecule has 0 aliphatic heterocycles. The minimum Gasteiger partial charge on any atom is -0.398 e. The third-order valence-electron chi connectivity index (χ3n) is 4.88. The Morgan fingerprint density at radius 3 is 2.30 bits per heavy atom. The van der Waals surface area contributed by atoms with Crippen molar-refractivity contribution in [1.82, 2.24) is 0 Å². The van der Waals surface area contributed by atoms with E-state index in [1.165, 1.54) is 17.2 Å². The first kappa shape index (κ1) is 19.1. The number of nitrogens with two attached hydrogens (primary N) is 1. The lowest BCUT2D eigenvalue weighted by molar-refractivity contribution is 0.627. The van der Waals surface area contributed by atoms with Gasteiger partial charge in [-0.3, -0.25) is 0 Å². The lowest BCUT2D eigenvalue weighted by Crippen LogP contribution is -2.08. The third kappa shape index (κ3) is 4.04. The quantitative estimate of drug-likeness (QED) is 0.428. The average molecular weight is 378 g/mol. The fourth-order valence-corrected chi connectivity index (χ4v) is 3.60. The second-order valence-electron chi connectivity index (χ2n) is 6.86. The molecule has 0 saturated heterocycles. The van der Waals surface area contributed by atoms with Crippen LogP contribution in [0, 0.1) is 26.6 Å². The van der Waals surface area contributed by atoms with Crippen molar-refractivity contribution in [1.29, 1.82) is 0 Å². The van der Waals surface area contributed by atoms with Gasteiger partial charge in [-0.1, -0.05) is 24.3 Å². The van der Waals surface area contributed by atoms with Gasteiger partial charge in [0.05, 0.1) is 0 Å². The fourth-order valence-electron chi connectivity index (χ4n) is 3.44. The number of para-hydroxylation sites is 1. The highest BCUT2D eigenvalue weighted by Crippen LogP contribution is 2.33. The lowest BCUT2D eigenvalue weighted by Gasteiger charge is -2.19. The van der Waals surface area contributed by atoms with E-state index in [0.717, 1.165) is 33.5 Å². The second kappa shape index (κ2) is 7.94. The highest BCUT2D eigenvalue weighted by molar-refractivity contribution is 7.19. The van der Waals surface area contributed by atoms with E-state index in [9.17, 15) is 4.39 Å². The molecule has 0 aliphatic carbocycles. The zero-order valence-electron chi connectivity index (χ0n) is 15.9. The maximum Gasteiger partial charge on any atom is 0.123 e. The van der Waals surface area contributed by atoms with Gasteiger partial charge in [0, 0.05) is 23.5 Å². The van der Waals surface area contributed by atoms with Crippen LogP contribution >= 0.6 is 8.86 Å². The van der Waals surface area contributed by atoms with Gasteiger partial charge in [0.25, 0.3) is 0 Å². The first-order valence-electron chi connectivity index (χ1n) is 8.90. The summed E-state index contributed by atoms with van der Waals surface area (Å²) in [5, 5.41) is 3.54. The molecule has 3 aromatic carbocycles. The molecule has 4 heteroatoms. The Labute approximate surface area is 162 Å². The van der Waals surface area contributed by atoms with Crippen LogP contribution < -0.4 is 11.1 Å². The first-order valence-corrected chi connectivity index (χ1v) is 9.48. The molecule has 27 heavy (non-hydrogen) atoms. The van der Waals surface area contributed by atoms with Crippen molar-refractivity contribution < 1.29 is 4.39 Å². The Morgan fingerprint density at radius 2 is 1.67 bits per heavy atom. The fraction of sp³-hybridized carbons (Fsp3) is 0.174. The molecule has 0 saturated carbocycles. The Bertz CT molecular complexity index is 991. The SMILES string of the molecule is Cc1cc(F)ccc1-c1cc(C=P)cc(N)c1CNc1c(C)cccc1C. The summed E-state index contributed by atoms with van der Waals surface area (Å²) in [4.78, 5) is 0. The molecule has 0 atom stereocenters. The molecular weight excluding hydrogens is 354 g/mol. The van der Waals surface area contributed by atoms with Gasteiger partial charge in [-0.25, -0.2) is 4.39 Å². The van der Waals surface area contributed by atoms with Gasteiger partial charge in [-0.15, -0.1) is 8.86 Å². The molecule has 0 spiro atoms. The molecule has 3 aromatic rings. The van der Waals surface area contributed by atoms with Gasteiger partial charge in [0.15, 0.2) is 0 Å². The smallest absolute Gasteiger partial charge is 0.123 e. The second-order valence-corrected chi connectivity index (χ2v) is 7.15. The van der Waals surface area contributed by atoms with E-state index in [1.807, 2.05) is 24.9 Å². The van der Waals surface area contributed by atoms with Crippen molar-refractivity contribution in [2.75, 3.05) is 11.1 Å². The highest BCUT2D eigenvalue weighted by Gasteiger charge is 2.14. The van der Waals surface area contributed by atoms with Crippen LogP contribution in [0.1, 0.15) is 27.8 Å². The normalized spacial score (nSPS) is 10.7. The van der Waals surface area contributed by atoms with Gasteiger partial charge >= 0.3 is 0 Å². The Kier molecular flexibility index (Phi) is 5.62. The van der Waals surface area contributed by atoms with E-state index in [0.29, 0.717) is 12.2 Å². The van der Waals surface area contributed by atoms with Crippen LogP contribution in [-0.2, 0) is 6.54 Å². The number of anilines is 2. The monoisotopic (exact) mass is 378 g/mol. The number of nitrogen functional groups attached to an aromatic ring is 1. The summed E-state index contributed by atoms with van der Waals surface area (Å²) >= 11 is 0. The van der Waals surface area contributed by atoms with Crippen molar-refractivity contribution in [2.24, 2.45) is 0 Å².